The maximum Gasteiger partial charge on any atom is 0.356 e. The minimum atomic E-state index is -4.58. The summed E-state index contributed by atoms with van der Waals surface area (Å²) in [5.74, 6) is 0.700. The van der Waals surface area contributed by atoms with E-state index >= 15 is 0 Å². The molecule has 144 valence electrons. The zero-order valence-electron chi connectivity index (χ0n) is 14.8. The Labute approximate surface area is 152 Å². The molecular formula is C17H23F2N3O3S. The van der Waals surface area contributed by atoms with Crippen LogP contribution in [-0.4, -0.2) is 38.9 Å². The number of fused-ring (bicyclic) bond motifs is 1. The van der Waals surface area contributed by atoms with Crippen LogP contribution in [0, 0.1) is 0 Å². The first-order chi connectivity index (χ1) is 12.3. The number of methoxy groups -OCH3 is 1. The van der Waals surface area contributed by atoms with Crippen LogP contribution in [0.3, 0.4) is 0 Å². The topological polar surface area (TPSA) is 80.3 Å². The van der Waals surface area contributed by atoms with Crippen LogP contribution in [0.25, 0.3) is 10.9 Å². The van der Waals surface area contributed by atoms with E-state index in [0.29, 0.717) is 32.1 Å². The van der Waals surface area contributed by atoms with Crippen molar-refractivity contribution in [2.75, 3.05) is 25.5 Å². The summed E-state index contributed by atoms with van der Waals surface area (Å²) in [6.07, 6.45) is 3.67. The van der Waals surface area contributed by atoms with Crippen LogP contribution in [0.2, 0.25) is 0 Å². The number of halogens is 2. The summed E-state index contributed by atoms with van der Waals surface area (Å²) in [7, 11) is -2.99. The van der Waals surface area contributed by atoms with Gasteiger partial charge in [0.2, 0.25) is 0 Å². The molecule has 2 aromatic rings. The van der Waals surface area contributed by atoms with Gasteiger partial charge >= 0.3 is 5.25 Å². The first kappa shape index (κ1) is 20.3. The third-order valence-corrected chi connectivity index (χ3v) is 5.41. The smallest absolute Gasteiger partial charge is 0.356 e. The summed E-state index contributed by atoms with van der Waals surface area (Å²) in [5.41, 5.74) is 1.70. The van der Waals surface area contributed by atoms with E-state index in [1.807, 2.05) is 29.0 Å². The molecule has 0 aliphatic heterocycles. The van der Waals surface area contributed by atoms with Crippen molar-refractivity contribution in [1.29, 1.82) is 0 Å². The van der Waals surface area contributed by atoms with Gasteiger partial charge in [-0.25, -0.2) is 13.1 Å². The number of unbranched alkanes of at least 4 members (excludes halogenated alkanes) is 2. The van der Waals surface area contributed by atoms with Crippen molar-refractivity contribution in [2.45, 2.75) is 31.4 Å². The molecular weight excluding hydrogens is 364 g/mol. The van der Waals surface area contributed by atoms with Gasteiger partial charge in [-0.3, -0.25) is 4.98 Å². The van der Waals surface area contributed by atoms with E-state index in [0.717, 1.165) is 23.0 Å². The van der Waals surface area contributed by atoms with Gasteiger partial charge in [0.05, 0.1) is 7.11 Å². The van der Waals surface area contributed by atoms with Crippen LogP contribution < -0.4 is 14.8 Å². The summed E-state index contributed by atoms with van der Waals surface area (Å²) in [6, 6.07) is 7.57. The van der Waals surface area contributed by atoms with Gasteiger partial charge in [0.25, 0.3) is 10.0 Å². The number of nitrogens with one attached hydrogen (secondary N) is 2. The lowest BCUT2D eigenvalue weighted by Gasteiger charge is -2.13. The van der Waals surface area contributed by atoms with Crippen molar-refractivity contribution < 1.29 is 21.9 Å². The van der Waals surface area contributed by atoms with Crippen molar-refractivity contribution in [3.63, 3.8) is 0 Å². The minimum Gasteiger partial charge on any atom is -0.494 e. The predicted molar refractivity (Wildman–Crippen MR) is 98.2 cm³/mol. The number of para-hydroxylation sites is 1. The predicted octanol–water partition coefficient (Wildman–Crippen LogP) is 3.36. The van der Waals surface area contributed by atoms with Gasteiger partial charge in [-0.15, -0.1) is 0 Å². The van der Waals surface area contributed by atoms with Gasteiger partial charge in [-0.1, -0.05) is 18.6 Å². The number of alkyl halides is 2. The quantitative estimate of drug-likeness (QED) is 0.611. The van der Waals surface area contributed by atoms with E-state index in [1.165, 1.54) is 0 Å². The monoisotopic (exact) mass is 387 g/mol. The van der Waals surface area contributed by atoms with Crippen molar-refractivity contribution in [3.05, 3.63) is 30.5 Å². The summed E-state index contributed by atoms with van der Waals surface area (Å²) in [5, 5.41) is 0.499. The fourth-order valence-corrected chi connectivity index (χ4v) is 3.12. The Morgan fingerprint density at radius 3 is 2.58 bits per heavy atom. The Bertz CT molecular complexity index is 839. The summed E-state index contributed by atoms with van der Waals surface area (Å²) < 4.78 is 55.3. The number of hydrogen-bond donors (Lipinski definition) is 2. The van der Waals surface area contributed by atoms with Crippen molar-refractivity contribution >= 4 is 26.6 Å². The van der Waals surface area contributed by atoms with Crippen LogP contribution in [0.5, 0.6) is 5.75 Å². The maximum atomic E-state index is 12.8. The van der Waals surface area contributed by atoms with Crippen molar-refractivity contribution in [3.8, 4) is 5.75 Å². The molecule has 26 heavy (non-hydrogen) atoms. The molecule has 1 heterocycles. The first-order valence-electron chi connectivity index (χ1n) is 8.29. The Balaban J connectivity index is 1.78. The summed E-state index contributed by atoms with van der Waals surface area (Å²) in [4.78, 5) is 4.33. The zero-order valence-corrected chi connectivity index (χ0v) is 15.6. The van der Waals surface area contributed by atoms with Gasteiger partial charge in [0, 0.05) is 37.3 Å². The summed E-state index contributed by atoms with van der Waals surface area (Å²) >= 11 is 0. The molecule has 2 N–H and O–H groups in total. The van der Waals surface area contributed by atoms with Crippen LogP contribution >= 0.6 is 0 Å². The standard InChI is InChI=1S/C17H23F2N3O3S/c1-17(18,19)26(23,24)22-11-5-3-4-10-20-14-9-12-21-16-13(14)7-6-8-15(16)25-2/h6-9,12,22H,3-5,10-11H2,1-2H3,(H,20,21). The van der Waals surface area contributed by atoms with Crippen LogP contribution in [-0.2, 0) is 10.0 Å². The number of nitrogens with zero attached hydrogens (tertiary/aromatic N) is 1. The minimum absolute atomic E-state index is 0.00114. The van der Waals surface area contributed by atoms with E-state index in [9.17, 15) is 17.2 Å². The second-order valence-corrected chi connectivity index (χ2v) is 7.92. The molecule has 0 unspecified atom stereocenters. The molecule has 1 aromatic heterocycles. The third-order valence-electron chi connectivity index (χ3n) is 3.89. The number of aromatic nitrogens is 1. The molecule has 9 heteroatoms. The molecule has 2 rings (SSSR count). The first-order valence-corrected chi connectivity index (χ1v) is 9.77. The van der Waals surface area contributed by atoms with Crippen molar-refractivity contribution in [1.82, 2.24) is 9.71 Å². The number of hydrogen-bond acceptors (Lipinski definition) is 5. The number of rotatable bonds is 10. The van der Waals surface area contributed by atoms with E-state index in [-0.39, 0.29) is 6.54 Å². The Morgan fingerprint density at radius 1 is 1.15 bits per heavy atom. The largest absolute Gasteiger partial charge is 0.494 e. The van der Waals surface area contributed by atoms with Crippen LogP contribution in [0.1, 0.15) is 26.2 Å². The Morgan fingerprint density at radius 2 is 1.88 bits per heavy atom. The summed E-state index contributed by atoms with van der Waals surface area (Å²) in [6.45, 7) is 1.04. The number of ether oxygens (including phenoxy) is 1. The third kappa shape index (κ3) is 5.01. The molecule has 0 atom stereocenters. The lowest BCUT2D eigenvalue weighted by atomic mass is 10.1. The molecule has 0 aliphatic rings. The second kappa shape index (κ2) is 8.59. The fourth-order valence-electron chi connectivity index (χ4n) is 2.45. The fraction of sp³-hybridized carbons (Fsp3) is 0.471. The highest BCUT2D eigenvalue weighted by Crippen LogP contribution is 2.28. The molecule has 6 nitrogen and oxygen atoms in total. The van der Waals surface area contributed by atoms with Crippen LogP contribution in [0.4, 0.5) is 14.5 Å². The average molecular weight is 387 g/mol. The number of sulfonamides is 1. The second-order valence-electron chi connectivity index (χ2n) is 5.91. The molecule has 0 fully saturated rings. The normalized spacial score (nSPS) is 12.3. The molecule has 0 amide bonds. The highest BCUT2D eigenvalue weighted by Gasteiger charge is 2.38. The van der Waals surface area contributed by atoms with E-state index in [1.54, 1.807) is 13.3 Å². The van der Waals surface area contributed by atoms with Gasteiger partial charge in [-0.2, -0.15) is 8.78 Å². The number of anilines is 1. The Hall–Kier alpha value is -2.00. The highest BCUT2D eigenvalue weighted by atomic mass is 32.2. The lowest BCUT2D eigenvalue weighted by molar-refractivity contribution is 0.112. The number of benzene rings is 1. The molecule has 0 radical (unpaired) electrons. The molecule has 0 spiro atoms. The molecule has 1 aromatic carbocycles. The van der Waals surface area contributed by atoms with Crippen LogP contribution in [0.15, 0.2) is 30.5 Å². The van der Waals surface area contributed by atoms with E-state index < -0.39 is 15.3 Å². The van der Waals surface area contributed by atoms with E-state index in [4.69, 9.17) is 4.74 Å². The average Bonchev–Trinajstić information content (AvgIpc) is 2.59. The Kier molecular flexibility index (Phi) is 6.71. The molecule has 0 saturated heterocycles. The molecule has 0 aliphatic carbocycles. The molecule has 0 saturated carbocycles. The highest BCUT2D eigenvalue weighted by molar-refractivity contribution is 7.90. The van der Waals surface area contributed by atoms with Crippen molar-refractivity contribution in [2.24, 2.45) is 0 Å². The zero-order chi connectivity index (χ0) is 19.2. The number of pyridine rings is 1. The molecule has 0 bridgehead atoms. The van der Waals surface area contributed by atoms with Gasteiger partial charge in [0.15, 0.2) is 0 Å². The SMILES string of the molecule is COc1cccc2c(NCCCCCNS(=O)(=O)C(C)(F)F)ccnc12. The maximum absolute atomic E-state index is 12.8. The van der Waals surface area contributed by atoms with Gasteiger partial charge < -0.3 is 10.1 Å². The lowest BCUT2D eigenvalue weighted by Crippen LogP contribution is -2.37. The van der Waals surface area contributed by atoms with E-state index in [2.05, 4.69) is 10.3 Å². The van der Waals surface area contributed by atoms with Gasteiger partial charge in [0.1, 0.15) is 11.3 Å². The van der Waals surface area contributed by atoms with Gasteiger partial charge in [-0.05, 0) is 25.0 Å².